The fraction of sp³-hybridized carbons (Fsp3) is 0.727. The van der Waals surface area contributed by atoms with E-state index in [1.165, 1.54) is 15.9 Å². The van der Waals surface area contributed by atoms with Crippen LogP contribution in [0.5, 0.6) is 0 Å². The summed E-state index contributed by atoms with van der Waals surface area (Å²) in [7, 11) is 6.56. The monoisotopic (exact) mass is 325 g/mol. The molecule has 4 atom stereocenters. The Bertz CT molecular complexity index is 389. The average Bonchev–Trinajstić information content (AvgIpc) is 2.59. The van der Waals surface area contributed by atoms with Gasteiger partial charge in [0.1, 0.15) is 0 Å². The Labute approximate surface area is 117 Å². The van der Waals surface area contributed by atoms with Crippen LogP contribution in [0, 0.1) is 0 Å². The predicted octanol–water partition coefficient (Wildman–Crippen LogP) is 5.02. The Balaban J connectivity index is 3.41. The van der Waals surface area contributed by atoms with Gasteiger partial charge in [0.25, 0.3) is 0 Å². The van der Waals surface area contributed by atoms with E-state index in [0.717, 1.165) is 7.96 Å². The molecular formula is C11H23NP4S. The fourth-order valence-electron chi connectivity index (χ4n) is 1.70. The SMILES string of the molecule is CC(C)(C)c1snc(P(P)PP)c1C(C)(C)C. The summed E-state index contributed by atoms with van der Waals surface area (Å²) in [6, 6.07) is 0. The molecule has 1 aromatic rings. The lowest BCUT2D eigenvalue weighted by molar-refractivity contribution is 0.544. The molecular weight excluding hydrogens is 302 g/mol. The molecule has 0 saturated carbocycles. The number of nitrogens with zero attached hydrogens (tertiary/aromatic N) is 1. The second-order valence-electron chi connectivity index (χ2n) is 6.21. The summed E-state index contributed by atoms with van der Waals surface area (Å²) in [6.45, 7) is 13.8. The van der Waals surface area contributed by atoms with E-state index in [1.807, 2.05) is 0 Å². The van der Waals surface area contributed by atoms with Gasteiger partial charge in [-0.05, 0) is 29.7 Å². The van der Waals surface area contributed by atoms with Crippen LogP contribution in [-0.4, -0.2) is 4.37 Å². The van der Waals surface area contributed by atoms with Gasteiger partial charge in [-0.1, -0.05) is 49.5 Å². The van der Waals surface area contributed by atoms with Gasteiger partial charge in [-0.25, -0.2) is 0 Å². The molecule has 0 aliphatic carbocycles. The molecule has 6 heteroatoms. The zero-order chi connectivity index (χ0) is 13.4. The van der Waals surface area contributed by atoms with Crippen molar-refractivity contribution in [3.05, 3.63) is 10.4 Å². The van der Waals surface area contributed by atoms with Gasteiger partial charge in [0.2, 0.25) is 0 Å². The smallest absolute Gasteiger partial charge is 0.0891 e. The predicted molar refractivity (Wildman–Crippen MR) is 93.8 cm³/mol. The molecule has 0 spiro atoms. The largest absolute Gasteiger partial charge is 0.192 e. The van der Waals surface area contributed by atoms with E-state index >= 15 is 0 Å². The van der Waals surface area contributed by atoms with Gasteiger partial charge in [0, 0.05) is 10.4 Å². The molecule has 1 heterocycles. The normalized spacial score (nSPS) is 15.8. The first-order valence-electron chi connectivity index (χ1n) is 5.60. The summed E-state index contributed by atoms with van der Waals surface area (Å²) in [6.07, 6.45) is 0. The molecule has 4 unspecified atom stereocenters. The van der Waals surface area contributed by atoms with Crippen LogP contribution in [0.1, 0.15) is 52.0 Å². The van der Waals surface area contributed by atoms with E-state index in [1.54, 1.807) is 11.5 Å². The summed E-state index contributed by atoms with van der Waals surface area (Å²) in [5.41, 5.74) is 3.22. The first-order valence-corrected chi connectivity index (χ1v) is 13.0. The molecule has 0 N–H and O–H groups in total. The summed E-state index contributed by atoms with van der Waals surface area (Å²) in [4.78, 5) is 1.46. The number of rotatable bonds is 2. The van der Waals surface area contributed by atoms with E-state index in [2.05, 4.69) is 59.4 Å². The second-order valence-corrected chi connectivity index (χ2v) is 16.0. The van der Waals surface area contributed by atoms with Gasteiger partial charge in [-0.2, -0.15) is 4.37 Å². The molecule has 1 rings (SSSR count). The molecule has 0 aliphatic rings. The van der Waals surface area contributed by atoms with Crippen LogP contribution in [0.3, 0.4) is 0 Å². The van der Waals surface area contributed by atoms with Crippen LogP contribution in [0.25, 0.3) is 0 Å². The Morgan fingerprint density at radius 2 is 1.65 bits per heavy atom. The quantitative estimate of drug-likeness (QED) is 0.696. The molecule has 0 amide bonds. The van der Waals surface area contributed by atoms with Crippen LogP contribution in [0.4, 0.5) is 0 Å². The van der Waals surface area contributed by atoms with E-state index < -0.39 is 0 Å². The van der Waals surface area contributed by atoms with Gasteiger partial charge in [0.05, 0.1) is 5.44 Å². The zero-order valence-corrected chi connectivity index (χ0v) is 16.5. The summed E-state index contributed by atoms with van der Waals surface area (Å²) < 4.78 is 4.76. The lowest BCUT2D eigenvalue weighted by Gasteiger charge is -2.27. The molecule has 17 heavy (non-hydrogen) atoms. The van der Waals surface area contributed by atoms with Crippen LogP contribution >= 0.6 is 44.6 Å². The van der Waals surface area contributed by atoms with Crippen molar-refractivity contribution in [1.82, 2.24) is 4.37 Å². The van der Waals surface area contributed by atoms with E-state index in [4.69, 9.17) is 4.37 Å². The lowest BCUT2D eigenvalue weighted by atomic mass is 9.81. The third-order valence-corrected chi connectivity index (χ3v) is 13.7. The number of aromatic nitrogens is 1. The highest BCUT2D eigenvalue weighted by atomic mass is 32.6. The van der Waals surface area contributed by atoms with Gasteiger partial charge in [0.15, 0.2) is 0 Å². The summed E-state index contributed by atoms with van der Waals surface area (Å²) >= 11 is 1.70. The zero-order valence-electron chi connectivity index (χ0n) is 11.5. The van der Waals surface area contributed by atoms with Crippen LogP contribution in [0.15, 0.2) is 0 Å². The van der Waals surface area contributed by atoms with Gasteiger partial charge in [-0.3, -0.25) is 0 Å². The Hall–Kier alpha value is 1.35. The first-order chi connectivity index (χ1) is 7.59. The first kappa shape index (κ1) is 16.4. The van der Waals surface area contributed by atoms with Crippen molar-refractivity contribution in [3.63, 3.8) is 0 Å². The van der Waals surface area contributed by atoms with Crippen molar-refractivity contribution in [3.8, 4) is 0 Å². The van der Waals surface area contributed by atoms with Crippen molar-refractivity contribution >= 4 is 50.1 Å². The Kier molecular flexibility index (Phi) is 5.57. The van der Waals surface area contributed by atoms with Crippen LogP contribution in [-0.2, 0) is 10.8 Å². The standard InChI is InChI=1S/C11H23NP4S/c1-10(2,3)7-8(11(4,5)6)17-12-9(7)16(14)15-13/h15H,13-14H2,1-6H3. The maximum Gasteiger partial charge on any atom is 0.0891 e. The number of hydrogen-bond acceptors (Lipinski definition) is 2. The average molecular weight is 325 g/mol. The topological polar surface area (TPSA) is 12.9 Å². The maximum atomic E-state index is 4.76. The molecule has 0 aromatic carbocycles. The van der Waals surface area contributed by atoms with Gasteiger partial charge >= 0.3 is 0 Å². The molecule has 0 fully saturated rings. The highest BCUT2D eigenvalue weighted by Crippen LogP contribution is 2.66. The highest BCUT2D eigenvalue weighted by molar-refractivity contribution is 8.63. The van der Waals surface area contributed by atoms with E-state index in [0.29, 0.717) is 0 Å². The molecule has 0 radical (unpaired) electrons. The molecule has 0 bridgehead atoms. The van der Waals surface area contributed by atoms with Gasteiger partial charge < -0.3 is 0 Å². The third kappa shape index (κ3) is 3.91. The van der Waals surface area contributed by atoms with E-state index in [-0.39, 0.29) is 18.1 Å². The van der Waals surface area contributed by atoms with Crippen molar-refractivity contribution < 1.29 is 0 Å². The third-order valence-electron chi connectivity index (χ3n) is 2.47. The molecule has 0 saturated heterocycles. The maximum absolute atomic E-state index is 4.76. The van der Waals surface area contributed by atoms with Crippen LogP contribution < -0.4 is 5.44 Å². The molecule has 0 aliphatic heterocycles. The number of hydrogen-bond donors (Lipinski definition) is 0. The van der Waals surface area contributed by atoms with Crippen molar-refractivity contribution in [2.75, 3.05) is 0 Å². The molecule has 1 aromatic heterocycles. The second kappa shape index (κ2) is 5.77. The summed E-state index contributed by atoms with van der Waals surface area (Å²) in [5.74, 6) is 0. The molecule has 1 nitrogen and oxygen atoms in total. The minimum Gasteiger partial charge on any atom is -0.192 e. The fourth-order valence-corrected chi connectivity index (χ4v) is 7.07. The van der Waals surface area contributed by atoms with Crippen molar-refractivity contribution in [2.45, 2.75) is 52.4 Å². The Morgan fingerprint density at radius 1 is 1.12 bits per heavy atom. The van der Waals surface area contributed by atoms with Crippen molar-refractivity contribution in [1.29, 1.82) is 0 Å². The van der Waals surface area contributed by atoms with E-state index in [9.17, 15) is 0 Å². The minimum atomic E-state index is -0.178. The van der Waals surface area contributed by atoms with Crippen molar-refractivity contribution in [2.24, 2.45) is 0 Å². The minimum absolute atomic E-state index is 0.178. The van der Waals surface area contributed by atoms with Crippen LogP contribution in [0.2, 0.25) is 0 Å². The summed E-state index contributed by atoms with van der Waals surface area (Å²) in [5, 5.41) is 0. The lowest BCUT2D eigenvalue weighted by Crippen LogP contribution is -2.24. The van der Waals surface area contributed by atoms with Gasteiger partial charge in [-0.15, -0.1) is 17.9 Å². The molecule has 98 valence electrons. The Morgan fingerprint density at radius 3 is 2.00 bits per heavy atom. The highest BCUT2D eigenvalue weighted by Gasteiger charge is 2.32.